The number of methoxy groups -OCH3 is 1. The first-order valence-corrected chi connectivity index (χ1v) is 7.20. The lowest BCUT2D eigenvalue weighted by Gasteiger charge is -2.15. The van der Waals surface area contributed by atoms with Gasteiger partial charge in [0.15, 0.2) is 17.2 Å². The third-order valence-electron chi connectivity index (χ3n) is 3.29. The summed E-state index contributed by atoms with van der Waals surface area (Å²) in [5, 5.41) is 5.87. The summed E-state index contributed by atoms with van der Waals surface area (Å²) < 4.78 is 115. The predicted molar refractivity (Wildman–Crippen MR) is 76.2 cm³/mol. The molecule has 0 bridgehead atoms. The van der Waals surface area contributed by atoms with Gasteiger partial charge in [0.05, 0.1) is 7.11 Å². The molecule has 2 rings (SSSR count). The first-order valence-electron chi connectivity index (χ1n) is 7.20. The zero-order valence-corrected chi connectivity index (χ0v) is 14.2. The third-order valence-corrected chi connectivity index (χ3v) is 3.29. The van der Waals surface area contributed by atoms with Gasteiger partial charge in [-0.25, -0.2) is 4.79 Å². The van der Waals surface area contributed by atoms with Crippen molar-refractivity contribution in [3.63, 3.8) is 0 Å². The van der Waals surface area contributed by atoms with Gasteiger partial charge >= 0.3 is 18.5 Å². The van der Waals surface area contributed by atoms with E-state index >= 15 is 0 Å². The predicted octanol–water partition coefficient (Wildman–Crippen LogP) is 4.56. The Morgan fingerprint density at radius 3 is 2.03 bits per heavy atom. The maximum atomic E-state index is 14.0. The van der Waals surface area contributed by atoms with Gasteiger partial charge in [-0.3, -0.25) is 0 Å². The van der Waals surface area contributed by atoms with Gasteiger partial charge in [-0.15, -0.1) is 23.4 Å². The number of esters is 1. The first kappa shape index (κ1) is 22.1. The van der Waals surface area contributed by atoms with Crippen LogP contribution in [0.5, 0.6) is 17.4 Å². The molecule has 0 unspecified atom stereocenters. The van der Waals surface area contributed by atoms with Gasteiger partial charge in [-0.05, 0) is 19.1 Å². The van der Waals surface area contributed by atoms with Crippen LogP contribution in [0.25, 0.3) is 0 Å². The number of carbonyl (C=O) groups is 1. The Balaban J connectivity index is 2.53. The van der Waals surface area contributed by atoms with Crippen molar-refractivity contribution < 1.29 is 54.1 Å². The number of alkyl halides is 6. The van der Waals surface area contributed by atoms with E-state index in [1.165, 1.54) is 0 Å². The molecule has 0 radical (unpaired) electrons. The van der Waals surface area contributed by atoms with Gasteiger partial charge in [0.2, 0.25) is 11.6 Å². The van der Waals surface area contributed by atoms with Gasteiger partial charge in [-0.2, -0.15) is 22.0 Å². The molecule has 29 heavy (non-hydrogen) atoms. The summed E-state index contributed by atoms with van der Waals surface area (Å²) in [6.45, 7) is 0.827. The lowest BCUT2D eigenvalue weighted by atomic mass is 10.1. The molecule has 0 N–H and O–H groups in total. The largest absolute Gasteiger partial charge is 0.573 e. The maximum absolute atomic E-state index is 14.0. The summed E-state index contributed by atoms with van der Waals surface area (Å²) in [7, 11) is 0.822. The number of rotatable bonds is 4. The number of hydrogen-bond donors (Lipinski definition) is 0. The number of halogens is 8. The van der Waals surface area contributed by atoms with E-state index in [4.69, 9.17) is 4.74 Å². The Bertz CT molecular complexity index is 943. The molecule has 158 valence electrons. The molecule has 2 aromatic rings. The number of ether oxygens (including phenoxy) is 3. The molecule has 0 aliphatic heterocycles. The molecule has 1 heterocycles. The van der Waals surface area contributed by atoms with Crippen molar-refractivity contribution in [1.29, 1.82) is 0 Å². The van der Waals surface area contributed by atoms with Crippen molar-refractivity contribution >= 4 is 5.97 Å². The second kappa shape index (κ2) is 7.67. The molecule has 0 fully saturated rings. The van der Waals surface area contributed by atoms with Crippen molar-refractivity contribution in [3.8, 4) is 17.4 Å². The molecule has 14 heteroatoms. The monoisotopic (exact) mass is 432 g/mol. The SMILES string of the molecule is COC(=O)c1c(Oc2ccc(OC(F)(F)F)c(F)c2F)nnc(C(F)(F)F)c1C. The van der Waals surface area contributed by atoms with Crippen molar-refractivity contribution in [2.24, 2.45) is 0 Å². The van der Waals surface area contributed by atoms with Gasteiger partial charge < -0.3 is 14.2 Å². The van der Waals surface area contributed by atoms with Crippen LogP contribution in [0, 0.1) is 18.6 Å². The second-order valence-electron chi connectivity index (χ2n) is 5.18. The summed E-state index contributed by atoms with van der Waals surface area (Å²) in [6.07, 6.45) is -10.3. The minimum absolute atomic E-state index is 0.351. The van der Waals surface area contributed by atoms with E-state index in [-0.39, 0.29) is 0 Å². The molecular formula is C15H8F8N2O4. The Hall–Kier alpha value is -3.19. The van der Waals surface area contributed by atoms with Gasteiger partial charge in [0.1, 0.15) is 5.56 Å². The van der Waals surface area contributed by atoms with Crippen LogP contribution in [-0.2, 0) is 10.9 Å². The fraction of sp³-hybridized carbons (Fsp3) is 0.267. The highest BCUT2D eigenvalue weighted by atomic mass is 19.4. The molecular weight excluding hydrogens is 424 g/mol. The summed E-state index contributed by atoms with van der Waals surface area (Å²) in [6, 6.07) is 0.832. The third kappa shape index (κ3) is 4.81. The van der Waals surface area contributed by atoms with Crippen LogP contribution in [0.4, 0.5) is 35.1 Å². The lowest BCUT2D eigenvalue weighted by molar-refractivity contribution is -0.275. The number of aromatic nitrogens is 2. The standard InChI is InChI=1S/C15H8F8N2O4/c1-5-8(13(26)27-2)12(25-24-11(5)14(18,19)20)28-6-3-4-7(10(17)9(6)16)29-15(21,22)23/h3-4H,1-2H3. The highest BCUT2D eigenvalue weighted by Gasteiger charge is 2.39. The fourth-order valence-corrected chi connectivity index (χ4v) is 2.08. The summed E-state index contributed by atoms with van der Waals surface area (Å²) >= 11 is 0. The van der Waals surface area contributed by atoms with Crippen LogP contribution in [0.3, 0.4) is 0 Å². The highest BCUT2D eigenvalue weighted by Crippen LogP contribution is 2.37. The Labute approximate surface area is 156 Å². The maximum Gasteiger partial charge on any atom is 0.573 e. The van der Waals surface area contributed by atoms with Crippen molar-refractivity contribution in [2.75, 3.05) is 7.11 Å². The Morgan fingerprint density at radius 2 is 1.52 bits per heavy atom. The molecule has 0 atom stereocenters. The normalized spacial score (nSPS) is 11.9. The van der Waals surface area contributed by atoms with Crippen LogP contribution in [0.15, 0.2) is 12.1 Å². The minimum Gasteiger partial charge on any atom is -0.465 e. The van der Waals surface area contributed by atoms with Gasteiger partial charge in [0, 0.05) is 5.56 Å². The molecule has 1 aromatic carbocycles. The van der Waals surface area contributed by atoms with E-state index in [9.17, 15) is 39.9 Å². The molecule has 1 aromatic heterocycles. The second-order valence-corrected chi connectivity index (χ2v) is 5.18. The fourth-order valence-electron chi connectivity index (χ4n) is 2.08. The Kier molecular flexibility index (Phi) is 5.85. The quantitative estimate of drug-likeness (QED) is 0.521. The van der Waals surface area contributed by atoms with Crippen LogP contribution in [-0.4, -0.2) is 29.6 Å². The Morgan fingerprint density at radius 1 is 0.966 bits per heavy atom. The van der Waals surface area contributed by atoms with E-state index in [0.29, 0.717) is 12.1 Å². The van der Waals surface area contributed by atoms with Crippen LogP contribution in [0.1, 0.15) is 21.6 Å². The zero-order valence-electron chi connectivity index (χ0n) is 14.2. The highest BCUT2D eigenvalue weighted by molar-refractivity contribution is 5.93. The molecule has 0 saturated heterocycles. The molecule has 0 amide bonds. The summed E-state index contributed by atoms with van der Waals surface area (Å²) in [5.41, 5.74) is -3.25. The van der Waals surface area contributed by atoms with Crippen molar-refractivity contribution in [3.05, 3.63) is 40.6 Å². The summed E-state index contributed by atoms with van der Waals surface area (Å²) in [5.74, 6) is -9.07. The molecule has 0 spiro atoms. The number of carbonyl (C=O) groups excluding carboxylic acids is 1. The number of benzene rings is 1. The molecule has 0 aliphatic carbocycles. The average Bonchev–Trinajstić information content (AvgIpc) is 2.59. The smallest absolute Gasteiger partial charge is 0.465 e. The van der Waals surface area contributed by atoms with Crippen molar-refractivity contribution in [2.45, 2.75) is 19.5 Å². The molecule has 0 aliphatic rings. The van der Waals surface area contributed by atoms with E-state index < -0.39 is 64.3 Å². The van der Waals surface area contributed by atoms with E-state index in [1.54, 1.807) is 0 Å². The van der Waals surface area contributed by atoms with E-state index in [2.05, 4.69) is 19.7 Å². The van der Waals surface area contributed by atoms with Crippen LogP contribution >= 0.6 is 0 Å². The average molecular weight is 432 g/mol. The summed E-state index contributed by atoms with van der Waals surface area (Å²) in [4.78, 5) is 11.8. The van der Waals surface area contributed by atoms with Gasteiger partial charge in [-0.1, -0.05) is 0 Å². The van der Waals surface area contributed by atoms with E-state index in [1.807, 2.05) is 0 Å². The lowest BCUT2D eigenvalue weighted by Crippen LogP contribution is -2.19. The van der Waals surface area contributed by atoms with Gasteiger partial charge in [0.25, 0.3) is 5.88 Å². The number of nitrogens with zero attached hydrogens (tertiary/aromatic N) is 2. The molecule has 0 saturated carbocycles. The van der Waals surface area contributed by atoms with Crippen molar-refractivity contribution in [1.82, 2.24) is 10.2 Å². The number of hydrogen-bond acceptors (Lipinski definition) is 6. The van der Waals surface area contributed by atoms with E-state index in [0.717, 1.165) is 14.0 Å². The van der Waals surface area contributed by atoms with Crippen LogP contribution < -0.4 is 9.47 Å². The first-order chi connectivity index (χ1) is 13.3. The zero-order chi connectivity index (χ0) is 22.1. The topological polar surface area (TPSA) is 70.5 Å². The van der Waals surface area contributed by atoms with Crippen LogP contribution in [0.2, 0.25) is 0 Å². The minimum atomic E-state index is -5.32. The molecule has 6 nitrogen and oxygen atoms in total.